The molecule has 2 unspecified atom stereocenters. The molecular formula is C20H37N3. The van der Waals surface area contributed by atoms with Crippen LogP contribution >= 0.6 is 0 Å². The summed E-state index contributed by atoms with van der Waals surface area (Å²) in [6, 6.07) is 0.342. The monoisotopic (exact) mass is 319 g/mol. The molecular weight excluding hydrogens is 282 g/mol. The molecule has 0 bridgehead atoms. The van der Waals surface area contributed by atoms with E-state index in [0.717, 1.165) is 19.4 Å². The van der Waals surface area contributed by atoms with Crippen LogP contribution in [0.1, 0.15) is 71.1 Å². The van der Waals surface area contributed by atoms with Crippen molar-refractivity contribution in [2.75, 3.05) is 6.54 Å². The van der Waals surface area contributed by atoms with Gasteiger partial charge in [-0.3, -0.25) is 0 Å². The summed E-state index contributed by atoms with van der Waals surface area (Å²) in [7, 11) is 0. The fourth-order valence-electron chi connectivity index (χ4n) is 3.10. The highest BCUT2D eigenvalue weighted by molar-refractivity contribution is 5.22. The van der Waals surface area contributed by atoms with Crippen LogP contribution < -0.4 is 16.8 Å². The van der Waals surface area contributed by atoms with Crippen LogP contribution in [0.4, 0.5) is 0 Å². The summed E-state index contributed by atoms with van der Waals surface area (Å²) in [6.07, 6.45) is 23.2. The first kappa shape index (κ1) is 20.0. The zero-order chi connectivity index (χ0) is 16.8. The lowest BCUT2D eigenvalue weighted by Crippen LogP contribution is -2.16. The topological polar surface area (TPSA) is 64.1 Å². The van der Waals surface area contributed by atoms with Crippen LogP contribution in [-0.2, 0) is 0 Å². The minimum atomic E-state index is 0.342. The molecule has 0 spiro atoms. The molecule has 0 aromatic carbocycles. The molecule has 5 N–H and O–H groups in total. The van der Waals surface area contributed by atoms with Gasteiger partial charge >= 0.3 is 0 Å². The van der Waals surface area contributed by atoms with E-state index in [1.165, 1.54) is 57.1 Å². The Labute approximate surface area is 143 Å². The van der Waals surface area contributed by atoms with Crippen molar-refractivity contribution < 1.29 is 0 Å². The van der Waals surface area contributed by atoms with Crippen LogP contribution in [-0.4, -0.2) is 12.6 Å². The van der Waals surface area contributed by atoms with E-state index in [2.05, 4.69) is 36.5 Å². The molecule has 3 nitrogen and oxygen atoms in total. The molecule has 1 heterocycles. The molecule has 1 aliphatic rings. The average molecular weight is 320 g/mol. The summed E-state index contributed by atoms with van der Waals surface area (Å²) in [5.41, 5.74) is 12.8. The Bertz CT molecular complexity index is 369. The molecule has 23 heavy (non-hydrogen) atoms. The van der Waals surface area contributed by atoms with E-state index in [9.17, 15) is 0 Å². The third-order valence-corrected chi connectivity index (χ3v) is 4.50. The largest absolute Gasteiger partial charge is 0.365 e. The Morgan fingerprint density at radius 2 is 1.52 bits per heavy atom. The number of nitrogens with two attached hydrogens (primary N) is 2. The summed E-state index contributed by atoms with van der Waals surface area (Å²) in [5.74, 6) is 0.649. The van der Waals surface area contributed by atoms with Crippen LogP contribution in [0.5, 0.6) is 0 Å². The van der Waals surface area contributed by atoms with Crippen molar-refractivity contribution in [3.63, 3.8) is 0 Å². The summed E-state index contributed by atoms with van der Waals surface area (Å²) < 4.78 is 0. The molecule has 132 valence electrons. The molecule has 0 amide bonds. The summed E-state index contributed by atoms with van der Waals surface area (Å²) in [6.45, 7) is 2.92. The molecule has 3 heteroatoms. The van der Waals surface area contributed by atoms with Gasteiger partial charge in [-0.1, -0.05) is 50.7 Å². The molecule has 2 atom stereocenters. The molecule has 1 aliphatic heterocycles. The fourth-order valence-corrected chi connectivity index (χ4v) is 3.10. The van der Waals surface area contributed by atoms with Gasteiger partial charge in [0.1, 0.15) is 0 Å². The maximum Gasteiger partial charge on any atom is 0.0178 e. The van der Waals surface area contributed by atoms with E-state index in [1.807, 2.05) is 6.20 Å². The summed E-state index contributed by atoms with van der Waals surface area (Å²) in [4.78, 5) is 0. The van der Waals surface area contributed by atoms with Gasteiger partial charge in [0.15, 0.2) is 0 Å². The number of hydrogen-bond donors (Lipinski definition) is 3. The number of rotatable bonds is 13. The maximum atomic E-state index is 5.83. The van der Waals surface area contributed by atoms with Gasteiger partial charge in [-0.25, -0.2) is 0 Å². The van der Waals surface area contributed by atoms with Gasteiger partial charge in [-0.2, -0.15) is 0 Å². The predicted octanol–water partition coefficient (Wildman–Crippen LogP) is 4.37. The number of hydrogen-bond acceptors (Lipinski definition) is 3. The first-order valence-corrected chi connectivity index (χ1v) is 9.49. The highest BCUT2D eigenvalue weighted by Gasteiger charge is 2.13. The standard InChI is InChI=1S/C20H37N3/c1-18(22)12-6-4-8-14-19(13-7-2-3-10-16-21)20-15-9-5-11-17-23-20/h5,9,11,15,17-19,23H,2-4,6-8,10,12-14,16,21-22H2,1H3. The third-order valence-electron chi connectivity index (χ3n) is 4.50. The van der Waals surface area contributed by atoms with Crippen LogP contribution in [0.25, 0.3) is 0 Å². The first-order valence-electron chi connectivity index (χ1n) is 9.49. The second kappa shape index (κ2) is 13.4. The average Bonchev–Trinajstić information content (AvgIpc) is 2.81. The smallest absolute Gasteiger partial charge is 0.0178 e. The Morgan fingerprint density at radius 3 is 2.22 bits per heavy atom. The van der Waals surface area contributed by atoms with Crippen LogP contribution in [0.15, 0.2) is 36.2 Å². The zero-order valence-electron chi connectivity index (χ0n) is 15.0. The maximum absolute atomic E-state index is 5.83. The fraction of sp³-hybridized carbons (Fsp3) is 0.700. The lowest BCUT2D eigenvalue weighted by molar-refractivity contribution is 0.438. The SMILES string of the molecule is CC(N)CCCCCC(CCCCCCN)C1=CC=CC=CN1. The molecule has 0 aliphatic carbocycles. The van der Waals surface area contributed by atoms with E-state index < -0.39 is 0 Å². The lowest BCUT2D eigenvalue weighted by Gasteiger charge is -2.20. The number of unbranched alkanes of at least 4 members (excludes halogenated alkanes) is 5. The minimum Gasteiger partial charge on any atom is -0.365 e. The van der Waals surface area contributed by atoms with Gasteiger partial charge in [-0.05, 0) is 57.2 Å². The van der Waals surface area contributed by atoms with Crippen molar-refractivity contribution in [2.45, 2.75) is 77.2 Å². The number of allylic oxidation sites excluding steroid dienone is 5. The zero-order valence-corrected chi connectivity index (χ0v) is 15.0. The van der Waals surface area contributed by atoms with E-state index in [4.69, 9.17) is 11.5 Å². The van der Waals surface area contributed by atoms with Gasteiger partial charge in [0.25, 0.3) is 0 Å². The number of nitrogens with one attached hydrogen (secondary N) is 1. The highest BCUT2D eigenvalue weighted by atomic mass is 14.9. The summed E-state index contributed by atoms with van der Waals surface area (Å²) in [5, 5.41) is 3.47. The van der Waals surface area contributed by atoms with Gasteiger partial charge in [-0.15, -0.1) is 0 Å². The van der Waals surface area contributed by atoms with E-state index in [0.29, 0.717) is 12.0 Å². The highest BCUT2D eigenvalue weighted by Crippen LogP contribution is 2.25. The first-order chi connectivity index (χ1) is 11.2. The molecule has 0 saturated carbocycles. The Morgan fingerprint density at radius 1 is 0.870 bits per heavy atom. The predicted molar refractivity (Wildman–Crippen MR) is 102 cm³/mol. The minimum absolute atomic E-state index is 0.342. The van der Waals surface area contributed by atoms with Crippen molar-refractivity contribution in [3.05, 3.63) is 36.2 Å². The van der Waals surface area contributed by atoms with E-state index in [-0.39, 0.29) is 0 Å². The van der Waals surface area contributed by atoms with Crippen LogP contribution in [0, 0.1) is 5.92 Å². The van der Waals surface area contributed by atoms with E-state index >= 15 is 0 Å². The Hall–Kier alpha value is -1.06. The lowest BCUT2D eigenvalue weighted by atomic mass is 9.91. The van der Waals surface area contributed by atoms with Crippen LogP contribution in [0.3, 0.4) is 0 Å². The second-order valence-corrected chi connectivity index (χ2v) is 6.81. The molecule has 0 saturated heterocycles. The van der Waals surface area contributed by atoms with Crippen molar-refractivity contribution in [3.8, 4) is 0 Å². The van der Waals surface area contributed by atoms with Gasteiger partial charge in [0.2, 0.25) is 0 Å². The molecule has 0 radical (unpaired) electrons. The normalized spacial score (nSPS) is 16.6. The molecule has 0 aromatic heterocycles. The molecule has 0 fully saturated rings. The van der Waals surface area contributed by atoms with Gasteiger partial charge in [0.05, 0.1) is 0 Å². The quantitative estimate of drug-likeness (QED) is 0.442. The van der Waals surface area contributed by atoms with Crippen molar-refractivity contribution in [1.82, 2.24) is 5.32 Å². The van der Waals surface area contributed by atoms with Crippen molar-refractivity contribution in [2.24, 2.45) is 17.4 Å². The van der Waals surface area contributed by atoms with E-state index in [1.54, 1.807) is 0 Å². The summed E-state index contributed by atoms with van der Waals surface area (Å²) >= 11 is 0. The Balaban J connectivity index is 2.36. The van der Waals surface area contributed by atoms with Crippen molar-refractivity contribution in [1.29, 1.82) is 0 Å². The van der Waals surface area contributed by atoms with Crippen molar-refractivity contribution >= 4 is 0 Å². The molecule has 1 rings (SSSR count). The van der Waals surface area contributed by atoms with Gasteiger partial charge in [0, 0.05) is 17.9 Å². The van der Waals surface area contributed by atoms with Crippen LogP contribution in [0.2, 0.25) is 0 Å². The van der Waals surface area contributed by atoms with Gasteiger partial charge < -0.3 is 16.8 Å². The second-order valence-electron chi connectivity index (χ2n) is 6.81. The Kier molecular flexibility index (Phi) is 11.6. The molecule has 0 aromatic rings. The third kappa shape index (κ3) is 10.4.